The minimum Gasteiger partial charge on any atom is -0.493 e. The fourth-order valence-electron chi connectivity index (χ4n) is 4.78. The number of halogens is 1. The van der Waals surface area contributed by atoms with Crippen LogP contribution in [0.1, 0.15) is 39.0 Å². The number of carbonyl (C=O) groups is 1. The molecule has 7 nitrogen and oxygen atoms in total. The van der Waals surface area contributed by atoms with E-state index in [1.807, 2.05) is 36.4 Å². The predicted octanol–water partition coefficient (Wildman–Crippen LogP) is 6.37. The zero-order valence-corrected chi connectivity index (χ0v) is 21.1. The lowest BCUT2D eigenvalue weighted by Crippen LogP contribution is -2.29. The molecular weight excluding hydrogens is 506 g/mol. The highest BCUT2D eigenvalue weighted by molar-refractivity contribution is 6.31. The van der Waals surface area contributed by atoms with Crippen LogP contribution in [0.25, 0.3) is 11.0 Å². The highest BCUT2D eigenvalue weighted by Gasteiger charge is 2.43. The molecule has 0 saturated heterocycles. The van der Waals surface area contributed by atoms with Crippen LogP contribution in [-0.4, -0.2) is 17.9 Å². The van der Waals surface area contributed by atoms with Gasteiger partial charge in [-0.1, -0.05) is 48.0 Å². The average Bonchev–Trinajstić information content (AvgIpc) is 3.55. The monoisotopic (exact) mass is 527 g/mol. The maximum atomic E-state index is 13.8. The summed E-state index contributed by atoms with van der Waals surface area (Å²) in [4.78, 5) is 28.9. The standard InChI is InChI=1S/C30H22ClNO6/c1-35-25-14-19(9-11-24(25)37-17-18-6-3-2-4-7-18)27-26-28(33)22-15-20(31)10-12-23(22)38-29(26)30(34)32(27)16-21-8-5-13-36-21/h2-15,27H,16-17H2,1H3. The van der Waals surface area contributed by atoms with Gasteiger partial charge in [-0.25, -0.2) is 0 Å². The molecule has 3 heterocycles. The molecule has 1 atom stereocenters. The molecule has 3 aromatic carbocycles. The number of benzene rings is 3. The maximum Gasteiger partial charge on any atom is 0.291 e. The molecule has 0 radical (unpaired) electrons. The van der Waals surface area contributed by atoms with Crippen molar-refractivity contribution in [2.75, 3.05) is 7.11 Å². The Labute approximate surface area is 222 Å². The lowest BCUT2D eigenvalue weighted by molar-refractivity contribution is 0.0701. The van der Waals surface area contributed by atoms with E-state index in [4.69, 9.17) is 29.9 Å². The summed E-state index contributed by atoms with van der Waals surface area (Å²) in [7, 11) is 1.55. The number of carbonyl (C=O) groups excluding carboxylic acids is 1. The van der Waals surface area contributed by atoms with Crippen LogP contribution in [-0.2, 0) is 13.2 Å². The van der Waals surface area contributed by atoms with E-state index < -0.39 is 11.9 Å². The first-order valence-electron chi connectivity index (χ1n) is 12.0. The van der Waals surface area contributed by atoms with Crippen molar-refractivity contribution in [2.45, 2.75) is 19.2 Å². The minimum absolute atomic E-state index is 0.00440. The minimum atomic E-state index is -0.737. The van der Waals surface area contributed by atoms with Crippen LogP contribution >= 0.6 is 11.6 Å². The number of ether oxygens (including phenoxy) is 2. The summed E-state index contributed by atoms with van der Waals surface area (Å²) >= 11 is 6.18. The molecule has 0 bridgehead atoms. The van der Waals surface area contributed by atoms with Crippen molar-refractivity contribution in [3.8, 4) is 11.5 Å². The van der Waals surface area contributed by atoms with Crippen LogP contribution in [0.3, 0.4) is 0 Å². The van der Waals surface area contributed by atoms with E-state index in [-0.39, 0.29) is 23.3 Å². The van der Waals surface area contributed by atoms with E-state index in [0.717, 1.165) is 5.56 Å². The van der Waals surface area contributed by atoms with Crippen LogP contribution in [0.5, 0.6) is 11.5 Å². The maximum absolute atomic E-state index is 13.8. The SMILES string of the molecule is COc1cc(C2c3c(oc4ccc(Cl)cc4c3=O)C(=O)N2Cc2ccco2)ccc1OCc1ccccc1. The largest absolute Gasteiger partial charge is 0.493 e. The summed E-state index contributed by atoms with van der Waals surface area (Å²) in [6, 6.07) is 22.7. The Kier molecular flexibility index (Phi) is 6.13. The van der Waals surface area contributed by atoms with E-state index >= 15 is 0 Å². The molecule has 1 amide bonds. The smallest absolute Gasteiger partial charge is 0.291 e. The van der Waals surface area contributed by atoms with E-state index in [1.165, 1.54) is 0 Å². The molecule has 0 fully saturated rings. The summed E-state index contributed by atoms with van der Waals surface area (Å²) in [6.45, 7) is 0.508. The van der Waals surface area contributed by atoms with Gasteiger partial charge < -0.3 is 23.2 Å². The van der Waals surface area contributed by atoms with Crippen molar-refractivity contribution < 1.29 is 23.1 Å². The number of rotatable bonds is 7. The van der Waals surface area contributed by atoms with Crippen LogP contribution in [0.15, 0.2) is 98.8 Å². The van der Waals surface area contributed by atoms with E-state index in [0.29, 0.717) is 45.4 Å². The first kappa shape index (κ1) is 23.9. The quantitative estimate of drug-likeness (QED) is 0.244. The van der Waals surface area contributed by atoms with E-state index in [2.05, 4.69) is 0 Å². The van der Waals surface area contributed by atoms with Gasteiger partial charge in [0.1, 0.15) is 18.0 Å². The zero-order valence-electron chi connectivity index (χ0n) is 20.3. The molecule has 190 valence electrons. The number of amides is 1. The Morgan fingerprint density at radius 3 is 2.55 bits per heavy atom. The number of methoxy groups -OCH3 is 1. The molecular formula is C30H22ClNO6. The molecule has 1 aliphatic heterocycles. The third-order valence-corrected chi connectivity index (χ3v) is 6.81. The second-order valence-corrected chi connectivity index (χ2v) is 9.35. The molecule has 0 aliphatic carbocycles. The summed E-state index contributed by atoms with van der Waals surface area (Å²) in [6.07, 6.45) is 1.54. The molecule has 6 rings (SSSR count). The highest BCUT2D eigenvalue weighted by Crippen LogP contribution is 2.42. The second kappa shape index (κ2) is 9.76. The van der Waals surface area contributed by atoms with Crippen molar-refractivity contribution in [1.29, 1.82) is 0 Å². The van der Waals surface area contributed by atoms with Crippen LogP contribution in [0.4, 0.5) is 0 Å². The Hall–Kier alpha value is -4.49. The van der Waals surface area contributed by atoms with Gasteiger partial charge in [0.15, 0.2) is 16.9 Å². The van der Waals surface area contributed by atoms with E-state index in [1.54, 1.807) is 60.7 Å². The first-order chi connectivity index (χ1) is 18.5. The molecule has 1 unspecified atom stereocenters. The normalized spacial score (nSPS) is 14.6. The van der Waals surface area contributed by atoms with Crippen molar-refractivity contribution >= 4 is 28.5 Å². The molecule has 1 aliphatic rings. The Morgan fingerprint density at radius 1 is 0.947 bits per heavy atom. The van der Waals surface area contributed by atoms with Gasteiger partial charge in [0.2, 0.25) is 5.76 Å². The van der Waals surface area contributed by atoms with Gasteiger partial charge in [0.05, 0.1) is 36.9 Å². The van der Waals surface area contributed by atoms with Crippen molar-refractivity contribution in [1.82, 2.24) is 4.90 Å². The van der Waals surface area contributed by atoms with Gasteiger partial charge in [-0.3, -0.25) is 9.59 Å². The van der Waals surface area contributed by atoms with Gasteiger partial charge in [-0.05, 0) is 53.6 Å². The average molecular weight is 528 g/mol. The molecule has 5 aromatic rings. The summed E-state index contributed by atoms with van der Waals surface area (Å²) < 4.78 is 23.2. The summed E-state index contributed by atoms with van der Waals surface area (Å²) in [5, 5.41) is 0.711. The Bertz CT molecular complexity index is 1690. The van der Waals surface area contributed by atoms with Crippen LogP contribution in [0, 0.1) is 0 Å². The van der Waals surface area contributed by atoms with Gasteiger partial charge >= 0.3 is 0 Å². The summed E-state index contributed by atoms with van der Waals surface area (Å²) in [5.41, 5.74) is 1.92. The number of fused-ring (bicyclic) bond motifs is 2. The number of hydrogen-bond donors (Lipinski definition) is 0. The van der Waals surface area contributed by atoms with Crippen molar-refractivity contribution in [3.63, 3.8) is 0 Å². The highest BCUT2D eigenvalue weighted by atomic mass is 35.5. The van der Waals surface area contributed by atoms with Gasteiger partial charge in [0, 0.05) is 5.02 Å². The molecule has 0 spiro atoms. The van der Waals surface area contributed by atoms with Crippen molar-refractivity contribution in [3.05, 3.63) is 129 Å². The van der Waals surface area contributed by atoms with Crippen molar-refractivity contribution in [2.24, 2.45) is 0 Å². The molecule has 38 heavy (non-hydrogen) atoms. The second-order valence-electron chi connectivity index (χ2n) is 8.91. The van der Waals surface area contributed by atoms with Gasteiger partial charge in [-0.15, -0.1) is 0 Å². The molecule has 0 saturated carbocycles. The zero-order chi connectivity index (χ0) is 26.2. The Balaban J connectivity index is 1.45. The summed E-state index contributed by atoms with van der Waals surface area (Å²) in [5.74, 6) is 1.19. The lowest BCUT2D eigenvalue weighted by Gasteiger charge is -2.25. The topological polar surface area (TPSA) is 82.1 Å². The third-order valence-electron chi connectivity index (χ3n) is 6.57. The third kappa shape index (κ3) is 4.21. The fourth-order valence-corrected chi connectivity index (χ4v) is 4.95. The number of furan rings is 1. The lowest BCUT2D eigenvalue weighted by atomic mass is 9.98. The number of nitrogens with zero attached hydrogens (tertiary/aromatic N) is 1. The molecule has 0 N–H and O–H groups in total. The number of hydrogen-bond acceptors (Lipinski definition) is 6. The van der Waals surface area contributed by atoms with Gasteiger partial charge in [-0.2, -0.15) is 0 Å². The van der Waals surface area contributed by atoms with Crippen LogP contribution in [0.2, 0.25) is 5.02 Å². The van der Waals surface area contributed by atoms with Gasteiger partial charge in [0.25, 0.3) is 5.91 Å². The predicted molar refractivity (Wildman–Crippen MR) is 142 cm³/mol. The molecule has 8 heteroatoms. The fraction of sp³-hybridized carbons (Fsp3) is 0.133. The Morgan fingerprint density at radius 2 is 1.79 bits per heavy atom. The van der Waals surface area contributed by atoms with E-state index in [9.17, 15) is 9.59 Å². The molecule has 2 aromatic heterocycles. The first-order valence-corrected chi connectivity index (χ1v) is 12.4. The van der Waals surface area contributed by atoms with Crippen LogP contribution < -0.4 is 14.9 Å².